The summed E-state index contributed by atoms with van der Waals surface area (Å²) in [7, 11) is 1.59. The summed E-state index contributed by atoms with van der Waals surface area (Å²) >= 11 is 1.75. The van der Waals surface area contributed by atoms with Gasteiger partial charge in [0.1, 0.15) is 6.61 Å². The lowest BCUT2D eigenvalue weighted by Crippen LogP contribution is -2.11. The summed E-state index contributed by atoms with van der Waals surface area (Å²) in [6.07, 6.45) is 2.88. The van der Waals surface area contributed by atoms with Crippen LogP contribution < -0.4 is 5.73 Å². The number of hydrogen-bond acceptors (Lipinski definition) is 6. The third kappa shape index (κ3) is 3.28. The fourth-order valence-electron chi connectivity index (χ4n) is 0.974. The second kappa shape index (κ2) is 6.00. The summed E-state index contributed by atoms with van der Waals surface area (Å²) in [6, 6.07) is -0.166. The van der Waals surface area contributed by atoms with Crippen LogP contribution in [0, 0.1) is 0 Å². The maximum absolute atomic E-state index is 5.84. The van der Waals surface area contributed by atoms with Crippen LogP contribution in [-0.2, 0) is 11.3 Å². The third-order valence-electron chi connectivity index (χ3n) is 1.71. The SMILES string of the molecule is COCc1noc(C(N)CCSC)n1. The van der Waals surface area contributed by atoms with Crippen LogP contribution >= 0.6 is 11.8 Å². The van der Waals surface area contributed by atoms with Crippen LogP contribution in [0.2, 0.25) is 0 Å². The molecule has 0 fully saturated rings. The minimum Gasteiger partial charge on any atom is -0.377 e. The van der Waals surface area contributed by atoms with Gasteiger partial charge in [-0.2, -0.15) is 16.7 Å². The van der Waals surface area contributed by atoms with Gasteiger partial charge < -0.3 is 15.0 Å². The highest BCUT2D eigenvalue weighted by Gasteiger charge is 2.13. The number of rotatable bonds is 6. The zero-order valence-corrected chi connectivity index (χ0v) is 9.21. The van der Waals surface area contributed by atoms with E-state index in [1.807, 2.05) is 6.26 Å². The predicted molar refractivity (Wildman–Crippen MR) is 54.9 cm³/mol. The maximum Gasteiger partial charge on any atom is 0.243 e. The fourth-order valence-corrected chi connectivity index (χ4v) is 1.46. The van der Waals surface area contributed by atoms with Crippen LogP contribution in [0.15, 0.2) is 4.52 Å². The Morgan fingerprint density at radius 2 is 2.43 bits per heavy atom. The molecular weight excluding hydrogens is 202 g/mol. The number of nitrogens with two attached hydrogens (primary N) is 1. The summed E-state index contributed by atoms with van der Waals surface area (Å²) in [5.74, 6) is 2.02. The van der Waals surface area contributed by atoms with Gasteiger partial charge in [0.05, 0.1) is 6.04 Å². The van der Waals surface area contributed by atoms with Crippen molar-refractivity contribution in [1.82, 2.24) is 10.1 Å². The lowest BCUT2D eigenvalue weighted by atomic mass is 10.2. The minimum atomic E-state index is -0.166. The molecule has 0 aliphatic rings. The summed E-state index contributed by atoms with van der Waals surface area (Å²) in [5.41, 5.74) is 5.84. The Hall–Kier alpha value is -0.590. The van der Waals surface area contributed by atoms with Crippen molar-refractivity contribution in [3.63, 3.8) is 0 Å². The molecule has 1 aromatic rings. The molecule has 1 heterocycles. The van der Waals surface area contributed by atoms with Crippen molar-refractivity contribution in [3.8, 4) is 0 Å². The van der Waals surface area contributed by atoms with Gasteiger partial charge in [-0.1, -0.05) is 5.16 Å². The first kappa shape index (κ1) is 11.5. The van der Waals surface area contributed by atoms with E-state index >= 15 is 0 Å². The van der Waals surface area contributed by atoms with Crippen molar-refractivity contribution in [2.45, 2.75) is 19.1 Å². The van der Waals surface area contributed by atoms with Crippen molar-refractivity contribution in [1.29, 1.82) is 0 Å². The highest BCUT2D eigenvalue weighted by molar-refractivity contribution is 7.98. The molecule has 1 aromatic heterocycles. The van der Waals surface area contributed by atoms with Crippen LogP contribution in [0.4, 0.5) is 0 Å². The molecule has 0 saturated carbocycles. The number of methoxy groups -OCH3 is 1. The Balaban J connectivity index is 2.48. The smallest absolute Gasteiger partial charge is 0.243 e. The van der Waals surface area contributed by atoms with E-state index < -0.39 is 0 Å². The summed E-state index contributed by atoms with van der Waals surface area (Å²) < 4.78 is 9.87. The number of nitrogens with zero attached hydrogens (tertiary/aromatic N) is 2. The lowest BCUT2D eigenvalue weighted by molar-refractivity contribution is 0.174. The number of hydrogen-bond donors (Lipinski definition) is 1. The Kier molecular flexibility index (Phi) is 4.92. The first-order valence-electron chi connectivity index (χ1n) is 4.34. The van der Waals surface area contributed by atoms with Crippen LogP contribution in [0.3, 0.4) is 0 Å². The average molecular weight is 217 g/mol. The van der Waals surface area contributed by atoms with E-state index in [0.29, 0.717) is 18.3 Å². The van der Waals surface area contributed by atoms with Gasteiger partial charge in [-0.05, 0) is 18.4 Å². The van der Waals surface area contributed by atoms with Gasteiger partial charge in [0, 0.05) is 7.11 Å². The molecule has 1 unspecified atom stereocenters. The molecule has 0 aliphatic heterocycles. The second-order valence-electron chi connectivity index (χ2n) is 2.87. The summed E-state index contributed by atoms with van der Waals surface area (Å²) in [5, 5.41) is 3.74. The van der Waals surface area contributed by atoms with Crippen molar-refractivity contribution in [2.75, 3.05) is 19.1 Å². The van der Waals surface area contributed by atoms with E-state index in [9.17, 15) is 0 Å². The van der Waals surface area contributed by atoms with Crippen molar-refractivity contribution in [2.24, 2.45) is 5.73 Å². The Morgan fingerprint density at radius 3 is 3.07 bits per heavy atom. The number of aromatic nitrogens is 2. The van der Waals surface area contributed by atoms with Gasteiger partial charge >= 0.3 is 0 Å². The molecule has 14 heavy (non-hydrogen) atoms. The van der Waals surface area contributed by atoms with Crippen molar-refractivity contribution < 1.29 is 9.26 Å². The fraction of sp³-hybridized carbons (Fsp3) is 0.750. The molecule has 1 rings (SSSR count). The van der Waals surface area contributed by atoms with Gasteiger partial charge in [0.2, 0.25) is 5.89 Å². The Morgan fingerprint density at radius 1 is 1.64 bits per heavy atom. The van der Waals surface area contributed by atoms with Gasteiger partial charge in [0.25, 0.3) is 0 Å². The Bertz CT molecular complexity index is 267. The molecule has 2 N–H and O–H groups in total. The van der Waals surface area contributed by atoms with Gasteiger partial charge in [-0.25, -0.2) is 0 Å². The summed E-state index contributed by atoms with van der Waals surface area (Å²) in [6.45, 7) is 0.360. The van der Waals surface area contributed by atoms with Gasteiger partial charge in [-0.3, -0.25) is 0 Å². The van der Waals surface area contributed by atoms with Crippen LogP contribution in [0.25, 0.3) is 0 Å². The summed E-state index contributed by atoms with van der Waals surface area (Å²) in [4.78, 5) is 4.12. The quantitative estimate of drug-likeness (QED) is 0.765. The average Bonchev–Trinajstić information content (AvgIpc) is 2.63. The molecular formula is C8H15N3O2S. The molecule has 0 spiro atoms. The molecule has 0 aliphatic carbocycles. The van der Waals surface area contributed by atoms with Crippen LogP contribution in [0.1, 0.15) is 24.2 Å². The van der Waals surface area contributed by atoms with E-state index in [2.05, 4.69) is 10.1 Å². The predicted octanol–water partition coefficient (Wildman–Crippen LogP) is 0.969. The Labute approximate surface area is 87.4 Å². The van der Waals surface area contributed by atoms with Crippen LogP contribution in [-0.4, -0.2) is 29.3 Å². The van der Waals surface area contributed by atoms with E-state index in [1.54, 1.807) is 18.9 Å². The molecule has 1 atom stereocenters. The maximum atomic E-state index is 5.84. The topological polar surface area (TPSA) is 74.2 Å². The van der Waals surface area contributed by atoms with E-state index in [-0.39, 0.29) is 6.04 Å². The van der Waals surface area contributed by atoms with Gasteiger partial charge in [-0.15, -0.1) is 0 Å². The van der Waals surface area contributed by atoms with Gasteiger partial charge in [0.15, 0.2) is 5.82 Å². The molecule has 5 nitrogen and oxygen atoms in total. The third-order valence-corrected chi connectivity index (χ3v) is 2.35. The first-order valence-corrected chi connectivity index (χ1v) is 5.73. The first-order chi connectivity index (χ1) is 6.77. The molecule has 0 bridgehead atoms. The molecule has 0 amide bonds. The highest BCUT2D eigenvalue weighted by atomic mass is 32.2. The van der Waals surface area contributed by atoms with Crippen molar-refractivity contribution in [3.05, 3.63) is 11.7 Å². The molecule has 0 radical (unpaired) electrons. The zero-order valence-electron chi connectivity index (χ0n) is 8.40. The molecule has 0 aromatic carbocycles. The monoisotopic (exact) mass is 217 g/mol. The van der Waals surface area contributed by atoms with E-state index in [1.165, 1.54) is 0 Å². The number of thioether (sulfide) groups is 1. The standard InChI is InChI=1S/C8H15N3O2S/c1-12-5-7-10-8(13-11-7)6(9)3-4-14-2/h6H,3-5,9H2,1-2H3. The normalized spacial score (nSPS) is 13.1. The molecule has 80 valence electrons. The largest absolute Gasteiger partial charge is 0.377 e. The van der Waals surface area contributed by atoms with Crippen LogP contribution in [0.5, 0.6) is 0 Å². The minimum absolute atomic E-state index is 0.166. The number of ether oxygens (including phenoxy) is 1. The highest BCUT2D eigenvalue weighted by Crippen LogP contribution is 2.13. The van der Waals surface area contributed by atoms with E-state index in [4.69, 9.17) is 15.0 Å². The van der Waals surface area contributed by atoms with E-state index in [0.717, 1.165) is 12.2 Å². The van der Waals surface area contributed by atoms with Crippen molar-refractivity contribution >= 4 is 11.8 Å². The zero-order chi connectivity index (χ0) is 10.4. The second-order valence-corrected chi connectivity index (χ2v) is 3.86. The molecule has 6 heteroatoms. The lowest BCUT2D eigenvalue weighted by Gasteiger charge is -2.03. The molecule has 0 saturated heterocycles.